The van der Waals surface area contributed by atoms with Crippen LogP contribution in [0.4, 0.5) is 5.69 Å². The quantitative estimate of drug-likeness (QED) is 0.326. The molecule has 1 aromatic carbocycles. The van der Waals surface area contributed by atoms with Gasteiger partial charge in [-0.2, -0.15) is 0 Å². The third-order valence-corrected chi connectivity index (χ3v) is 5.60. The molecule has 170 valence electrons. The largest absolute Gasteiger partial charge is 0.396 e. The minimum absolute atomic E-state index is 0.0839. The Hall–Kier alpha value is -4.37. The van der Waals surface area contributed by atoms with Crippen LogP contribution in [0.25, 0.3) is 28.1 Å². The number of aromatic nitrogens is 6. The first-order chi connectivity index (χ1) is 16.6. The molecule has 3 N–H and O–H groups in total. The highest BCUT2D eigenvalue weighted by atomic mass is 16.3. The molecule has 0 amide bonds. The predicted molar refractivity (Wildman–Crippen MR) is 131 cm³/mol. The van der Waals surface area contributed by atoms with Crippen molar-refractivity contribution in [2.45, 2.75) is 13.3 Å². The number of pyridine rings is 2. The maximum atomic E-state index is 12.8. The highest BCUT2D eigenvalue weighted by Crippen LogP contribution is 2.29. The summed E-state index contributed by atoms with van der Waals surface area (Å²) in [6, 6.07) is 11.4. The van der Waals surface area contributed by atoms with Crippen LogP contribution < -0.4 is 5.56 Å². The van der Waals surface area contributed by atoms with Crippen LogP contribution in [0, 0.1) is 12.8 Å². The van der Waals surface area contributed by atoms with Crippen molar-refractivity contribution >= 4 is 22.9 Å². The monoisotopic (exact) mass is 453 g/mol. The van der Waals surface area contributed by atoms with Gasteiger partial charge in [0.2, 0.25) is 0 Å². The molecule has 4 aromatic heterocycles. The van der Waals surface area contributed by atoms with Gasteiger partial charge in [-0.25, -0.2) is 9.97 Å². The zero-order valence-corrected chi connectivity index (χ0v) is 18.5. The molecule has 1 atom stereocenters. The lowest BCUT2D eigenvalue weighted by molar-refractivity contribution is 0.262. The fourth-order valence-corrected chi connectivity index (χ4v) is 3.89. The van der Waals surface area contributed by atoms with Crippen LogP contribution in [0.1, 0.15) is 11.3 Å². The van der Waals surface area contributed by atoms with Crippen LogP contribution in [0.3, 0.4) is 0 Å². The zero-order valence-electron chi connectivity index (χ0n) is 18.5. The van der Waals surface area contributed by atoms with Crippen molar-refractivity contribution in [2.75, 3.05) is 6.61 Å². The van der Waals surface area contributed by atoms with Crippen molar-refractivity contribution in [3.63, 3.8) is 0 Å². The second-order valence-corrected chi connectivity index (χ2v) is 8.03. The molecule has 0 aliphatic carbocycles. The average Bonchev–Trinajstić information content (AvgIpc) is 3.53. The maximum absolute atomic E-state index is 12.8. The number of hydrogen-bond acceptors (Lipinski definition) is 6. The molecule has 4 heterocycles. The van der Waals surface area contributed by atoms with Crippen LogP contribution in [0.2, 0.25) is 0 Å². The Bertz CT molecular complexity index is 1500. The number of imidazole rings is 2. The maximum Gasteiger partial charge on any atom is 0.261 e. The van der Waals surface area contributed by atoms with Gasteiger partial charge in [-0.3, -0.25) is 14.8 Å². The van der Waals surface area contributed by atoms with Crippen LogP contribution in [0.15, 0.2) is 77.3 Å². The minimum atomic E-state index is -0.300. The van der Waals surface area contributed by atoms with Crippen molar-refractivity contribution in [2.24, 2.45) is 10.9 Å². The van der Waals surface area contributed by atoms with E-state index in [0.29, 0.717) is 23.5 Å². The Balaban J connectivity index is 1.51. The van der Waals surface area contributed by atoms with Gasteiger partial charge < -0.3 is 19.6 Å². The van der Waals surface area contributed by atoms with E-state index in [2.05, 4.69) is 24.9 Å². The second-order valence-electron chi connectivity index (χ2n) is 8.03. The standard InChI is InChI=1S/C25H23N7O2/c1-16-10-19(32-9-8-26-15-32)12-21-23(16)31-24(30-21)22-20(5-7-28-25(22)34)29-13-17(14-33)11-18-4-2-3-6-27-18/h2-10,12-13,15,17,33H,11,14H2,1H3,(H,28,34)(H,30,31). The van der Waals surface area contributed by atoms with Crippen LogP contribution in [0.5, 0.6) is 0 Å². The van der Waals surface area contributed by atoms with Crippen LogP contribution >= 0.6 is 0 Å². The van der Waals surface area contributed by atoms with Crippen molar-refractivity contribution in [3.8, 4) is 17.1 Å². The summed E-state index contributed by atoms with van der Waals surface area (Å²) in [5.41, 5.74) is 4.87. The third-order valence-electron chi connectivity index (χ3n) is 5.60. The number of benzene rings is 1. The highest BCUT2D eigenvalue weighted by Gasteiger charge is 2.16. The second kappa shape index (κ2) is 9.24. The SMILES string of the molecule is Cc1cc(-n2ccnc2)cc2[nH]c(-c3c(N=CC(CO)Cc4ccccn4)cc[nH]c3=O)nc12. The first-order valence-corrected chi connectivity index (χ1v) is 10.9. The Morgan fingerprint density at radius 1 is 1.24 bits per heavy atom. The van der Waals surface area contributed by atoms with E-state index in [4.69, 9.17) is 4.98 Å². The van der Waals surface area contributed by atoms with Crippen LogP contribution in [-0.4, -0.2) is 47.4 Å². The number of aliphatic imine (C=N–C) groups is 1. The predicted octanol–water partition coefficient (Wildman–Crippen LogP) is 3.36. The summed E-state index contributed by atoms with van der Waals surface area (Å²) < 4.78 is 1.91. The summed E-state index contributed by atoms with van der Waals surface area (Å²) in [5, 5.41) is 9.82. The summed E-state index contributed by atoms with van der Waals surface area (Å²) in [6.45, 7) is 1.89. The summed E-state index contributed by atoms with van der Waals surface area (Å²) in [5.74, 6) is 0.192. The number of hydrogen-bond donors (Lipinski definition) is 3. The van der Waals surface area contributed by atoms with Gasteiger partial charge in [-0.05, 0) is 49.2 Å². The molecule has 0 bridgehead atoms. The lowest BCUT2D eigenvalue weighted by atomic mass is 10.1. The zero-order chi connectivity index (χ0) is 23.5. The average molecular weight is 454 g/mol. The van der Waals surface area contributed by atoms with Gasteiger partial charge in [0.1, 0.15) is 11.4 Å². The van der Waals surface area contributed by atoms with E-state index in [1.165, 1.54) is 0 Å². The molecule has 0 fully saturated rings. The van der Waals surface area contributed by atoms with Crippen molar-refractivity contribution < 1.29 is 5.11 Å². The number of nitrogens with one attached hydrogen (secondary N) is 2. The Morgan fingerprint density at radius 3 is 2.91 bits per heavy atom. The van der Waals surface area contributed by atoms with E-state index in [1.807, 2.05) is 48.0 Å². The topological polar surface area (TPSA) is 125 Å². The smallest absolute Gasteiger partial charge is 0.261 e. The van der Waals surface area contributed by atoms with Gasteiger partial charge in [0.25, 0.3) is 5.56 Å². The highest BCUT2D eigenvalue weighted by molar-refractivity contribution is 5.86. The fourth-order valence-electron chi connectivity index (χ4n) is 3.89. The van der Waals surface area contributed by atoms with Gasteiger partial charge in [0.05, 0.1) is 29.7 Å². The number of aryl methyl sites for hydroxylation is 1. The van der Waals surface area contributed by atoms with E-state index in [-0.39, 0.29) is 18.1 Å². The molecule has 9 nitrogen and oxygen atoms in total. The number of fused-ring (bicyclic) bond motifs is 1. The molecule has 1 unspecified atom stereocenters. The normalized spacial score (nSPS) is 12.5. The molecule has 0 aliphatic rings. The fraction of sp³-hybridized carbons (Fsp3) is 0.160. The van der Waals surface area contributed by atoms with Crippen molar-refractivity contribution in [3.05, 3.63) is 89.1 Å². The first-order valence-electron chi connectivity index (χ1n) is 10.9. The summed E-state index contributed by atoms with van der Waals surface area (Å²) >= 11 is 0. The molecular weight excluding hydrogens is 430 g/mol. The number of aliphatic hydroxyl groups excluding tert-OH is 1. The van der Waals surface area contributed by atoms with Gasteiger partial charge in [-0.1, -0.05) is 6.07 Å². The Labute approximate surface area is 194 Å². The van der Waals surface area contributed by atoms with E-state index < -0.39 is 0 Å². The number of aliphatic hydroxyl groups is 1. The van der Waals surface area contributed by atoms with E-state index in [0.717, 1.165) is 28.0 Å². The van der Waals surface area contributed by atoms with Gasteiger partial charge in [0.15, 0.2) is 0 Å². The number of H-pyrrole nitrogens is 2. The molecule has 9 heteroatoms. The summed E-state index contributed by atoms with van der Waals surface area (Å²) in [7, 11) is 0. The molecule has 0 saturated heterocycles. The minimum Gasteiger partial charge on any atom is -0.396 e. The van der Waals surface area contributed by atoms with Crippen molar-refractivity contribution in [1.82, 2.24) is 29.5 Å². The summed E-state index contributed by atoms with van der Waals surface area (Å²) in [6.07, 6.45) is 10.8. The van der Waals surface area contributed by atoms with Gasteiger partial charge in [-0.15, -0.1) is 0 Å². The third kappa shape index (κ3) is 4.28. The van der Waals surface area contributed by atoms with E-state index in [1.54, 1.807) is 37.2 Å². The number of nitrogens with zero attached hydrogens (tertiary/aromatic N) is 5. The van der Waals surface area contributed by atoms with Gasteiger partial charge in [0, 0.05) is 48.3 Å². The molecule has 0 spiro atoms. The summed E-state index contributed by atoms with van der Waals surface area (Å²) in [4.78, 5) is 36.5. The molecule has 0 radical (unpaired) electrons. The Kier molecular flexibility index (Phi) is 5.84. The molecule has 5 rings (SSSR count). The number of rotatable bonds is 7. The van der Waals surface area contributed by atoms with Gasteiger partial charge >= 0.3 is 0 Å². The molecule has 0 saturated carbocycles. The molecule has 34 heavy (non-hydrogen) atoms. The molecule has 0 aliphatic heterocycles. The lowest BCUT2D eigenvalue weighted by Crippen LogP contribution is -2.12. The molecular formula is C25H23N7O2. The molecule has 5 aromatic rings. The first kappa shape index (κ1) is 21.5. The van der Waals surface area contributed by atoms with Crippen LogP contribution in [-0.2, 0) is 6.42 Å². The van der Waals surface area contributed by atoms with Crippen molar-refractivity contribution in [1.29, 1.82) is 0 Å². The lowest BCUT2D eigenvalue weighted by Gasteiger charge is -2.08. The Morgan fingerprint density at radius 2 is 2.15 bits per heavy atom. The van der Waals surface area contributed by atoms with E-state index >= 15 is 0 Å². The van der Waals surface area contributed by atoms with E-state index in [9.17, 15) is 9.90 Å². The number of aromatic amines is 2.